The molecule has 0 spiro atoms. The third kappa shape index (κ3) is 2.94. The smallest absolute Gasteiger partial charge is 0.225 e. The molecule has 0 radical (unpaired) electrons. The van der Waals surface area contributed by atoms with Crippen molar-refractivity contribution in [1.29, 1.82) is 0 Å². The van der Waals surface area contributed by atoms with Crippen LogP contribution in [0.15, 0.2) is 12.4 Å². The van der Waals surface area contributed by atoms with Gasteiger partial charge in [0.15, 0.2) is 0 Å². The van der Waals surface area contributed by atoms with Crippen LogP contribution in [-0.2, 0) is 6.61 Å². The third-order valence-corrected chi connectivity index (χ3v) is 3.51. The lowest BCUT2D eigenvalue weighted by atomic mass is 10.3. The Kier molecular flexibility index (Phi) is 2.97. The predicted octanol–water partition coefficient (Wildman–Crippen LogP) is 1.60. The normalized spacial score (nSPS) is 19.4. The van der Waals surface area contributed by atoms with E-state index in [-0.39, 0.29) is 6.61 Å². The van der Waals surface area contributed by atoms with Crippen molar-refractivity contribution in [2.75, 3.05) is 18.0 Å². The summed E-state index contributed by atoms with van der Waals surface area (Å²) in [4.78, 5) is 11.1. The number of hydrogen-bond donors (Lipinski definition) is 1. The number of aliphatic hydroxyl groups excluding tert-OH is 1. The van der Waals surface area contributed by atoms with Gasteiger partial charge in [-0.3, -0.25) is 0 Å². The Bertz CT molecular complexity index is 357. The van der Waals surface area contributed by atoms with Crippen molar-refractivity contribution in [2.45, 2.75) is 32.3 Å². The minimum Gasteiger partial charge on any atom is -0.392 e. The molecule has 1 aromatic rings. The van der Waals surface area contributed by atoms with E-state index in [9.17, 15) is 0 Å². The molecule has 92 valence electrons. The number of rotatable bonds is 6. The minimum absolute atomic E-state index is 0.0194. The van der Waals surface area contributed by atoms with Crippen LogP contribution in [0.5, 0.6) is 0 Å². The summed E-state index contributed by atoms with van der Waals surface area (Å²) in [6.45, 7) is 2.23. The summed E-state index contributed by atoms with van der Waals surface area (Å²) in [5.41, 5.74) is 0.784. The van der Waals surface area contributed by atoms with Crippen molar-refractivity contribution >= 4 is 5.95 Å². The fourth-order valence-electron chi connectivity index (χ4n) is 2.05. The topological polar surface area (TPSA) is 49.3 Å². The van der Waals surface area contributed by atoms with E-state index in [1.165, 1.54) is 25.7 Å². The van der Waals surface area contributed by atoms with Gasteiger partial charge in [-0.15, -0.1) is 0 Å². The molecule has 0 unspecified atom stereocenters. The fraction of sp³-hybridized carbons (Fsp3) is 0.692. The second-order valence-electron chi connectivity index (χ2n) is 5.34. The first-order valence-corrected chi connectivity index (χ1v) is 6.52. The Morgan fingerprint density at radius 2 is 1.59 bits per heavy atom. The lowest BCUT2D eigenvalue weighted by Crippen LogP contribution is -2.29. The van der Waals surface area contributed by atoms with E-state index in [4.69, 9.17) is 5.11 Å². The zero-order valence-corrected chi connectivity index (χ0v) is 10.0. The molecular weight excluding hydrogens is 214 g/mol. The molecule has 4 nitrogen and oxygen atoms in total. The highest BCUT2D eigenvalue weighted by atomic mass is 16.3. The molecule has 4 heteroatoms. The van der Waals surface area contributed by atoms with E-state index in [0.717, 1.165) is 36.4 Å². The molecule has 0 saturated heterocycles. The molecule has 1 aromatic heterocycles. The van der Waals surface area contributed by atoms with Crippen molar-refractivity contribution in [3.05, 3.63) is 18.0 Å². The van der Waals surface area contributed by atoms with Gasteiger partial charge in [0.25, 0.3) is 0 Å². The van der Waals surface area contributed by atoms with E-state index >= 15 is 0 Å². The summed E-state index contributed by atoms with van der Waals surface area (Å²) in [5.74, 6) is 2.55. The Morgan fingerprint density at radius 1 is 1.06 bits per heavy atom. The number of hydrogen-bond acceptors (Lipinski definition) is 4. The second-order valence-corrected chi connectivity index (χ2v) is 5.34. The summed E-state index contributed by atoms with van der Waals surface area (Å²) in [5, 5.41) is 8.98. The summed E-state index contributed by atoms with van der Waals surface area (Å²) in [7, 11) is 0. The van der Waals surface area contributed by atoms with E-state index in [1.807, 2.05) is 0 Å². The number of nitrogens with zero attached hydrogens (tertiary/aromatic N) is 3. The van der Waals surface area contributed by atoms with E-state index < -0.39 is 0 Å². The van der Waals surface area contributed by atoms with Gasteiger partial charge in [0, 0.05) is 31.0 Å². The molecule has 1 N–H and O–H groups in total. The first-order chi connectivity index (χ1) is 8.35. The number of aromatic nitrogens is 2. The molecule has 0 atom stereocenters. The maximum absolute atomic E-state index is 8.98. The lowest BCUT2D eigenvalue weighted by Gasteiger charge is -2.22. The molecule has 1 heterocycles. The molecule has 17 heavy (non-hydrogen) atoms. The van der Waals surface area contributed by atoms with Gasteiger partial charge in [0.05, 0.1) is 6.61 Å². The molecule has 2 saturated carbocycles. The highest BCUT2D eigenvalue weighted by Crippen LogP contribution is 2.34. The van der Waals surface area contributed by atoms with Crippen molar-refractivity contribution in [1.82, 2.24) is 9.97 Å². The highest BCUT2D eigenvalue weighted by Gasteiger charge is 2.30. The van der Waals surface area contributed by atoms with Gasteiger partial charge in [0.2, 0.25) is 5.95 Å². The Morgan fingerprint density at radius 3 is 2.00 bits per heavy atom. The van der Waals surface area contributed by atoms with Crippen LogP contribution in [-0.4, -0.2) is 28.2 Å². The van der Waals surface area contributed by atoms with Crippen LogP contribution in [0, 0.1) is 11.8 Å². The number of aliphatic hydroxyl groups is 1. The summed E-state index contributed by atoms with van der Waals surface area (Å²) >= 11 is 0. The quantitative estimate of drug-likeness (QED) is 0.810. The first kappa shape index (κ1) is 11.0. The van der Waals surface area contributed by atoms with Crippen molar-refractivity contribution in [3.8, 4) is 0 Å². The Balaban J connectivity index is 1.69. The van der Waals surface area contributed by atoms with Gasteiger partial charge >= 0.3 is 0 Å². The Labute approximate surface area is 102 Å². The Hall–Kier alpha value is -1.16. The number of anilines is 1. The largest absolute Gasteiger partial charge is 0.392 e. The van der Waals surface area contributed by atoms with Gasteiger partial charge in [-0.1, -0.05) is 0 Å². The van der Waals surface area contributed by atoms with E-state index in [0.29, 0.717) is 0 Å². The fourth-order valence-corrected chi connectivity index (χ4v) is 2.05. The molecule has 2 aliphatic rings. The summed E-state index contributed by atoms with van der Waals surface area (Å²) < 4.78 is 0. The summed E-state index contributed by atoms with van der Waals surface area (Å²) in [6, 6.07) is 0. The lowest BCUT2D eigenvalue weighted by molar-refractivity contribution is 0.281. The zero-order valence-electron chi connectivity index (χ0n) is 10.0. The van der Waals surface area contributed by atoms with Crippen LogP contribution in [0.2, 0.25) is 0 Å². The van der Waals surface area contributed by atoms with Gasteiger partial charge in [-0.05, 0) is 37.5 Å². The molecular formula is C13H19N3O. The van der Waals surface area contributed by atoms with Gasteiger partial charge in [-0.25, -0.2) is 9.97 Å². The van der Waals surface area contributed by atoms with Crippen LogP contribution in [0.1, 0.15) is 31.2 Å². The first-order valence-electron chi connectivity index (χ1n) is 6.52. The second kappa shape index (κ2) is 4.61. The standard InChI is InChI=1S/C13H19N3O/c17-9-12-5-14-13(15-6-12)16(7-10-1-2-10)8-11-3-4-11/h5-6,10-11,17H,1-4,7-9H2. The molecule has 2 fully saturated rings. The average molecular weight is 233 g/mol. The molecule has 2 aliphatic carbocycles. The van der Waals surface area contributed by atoms with Crippen molar-refractivity contribution < 1.29 is 5.11 Å². The maximum Gasteiger partial charge on any atom is 0.225 e. The molecule has 0 amide bonds. The van der Waals surface area contributed by atoms with Crippen LogP contribution in [0.25, 0.3) is 0 Å². The highest BCUT2D eigenvalue weighted by molar-refractivity contribution is 5.31. The van der Waals surface area contributed by atoms with Crippen molar-refractivity contribution in [2.24, 2.45) is 11.8 Å². The molecule has 3 rings (SSSR count). The van der Waals surface area contributed by atoms with Gasteiger partial charge in [0.1, 0.15) is 0 Å². The van der Waals surface area contributed by atoms with Crippen LogP contribution >= 0.6 is 0 Å². The third-order valence-electron chi connectivity index (χ3n) is 3.51. The average Bonchev–Trinajstić information content (AvgIpc) is 3.23. The van der Waals surface area contributed by atoms with E-state index in [1.54, 1.807) is 12.4 Å². The predicted molar refractivity (Wildman–Crippen MR) is 65.6 cm³/mol. The minimum atomic E-state index is 0.0194. The monoisotopic (exact) mass is 233 g/mol. The van der Waals surface area contributed by atoms with Crippen molar-refractivity contribution in [3.63, 3.8) is 0 Å². The molecule has 0 bridgehead atoms. The molecule has 0 aromatic carbocycles. The van der Waals surface area contributed by atoms with E-state index in [2.05, 4.69) is 14.9 Å². The van der Waals surface area contributed by atoms with Crippen LogP contribution < -0.4 is 4.90 Å². The van der Waals surface area contributed by atoms with Crippen LogP contribution in [0.3, 0.4) is 0 Å². The zero-order chi connectivity index (χ0) is 11.7. The maximum atomic E-state index is 8.98. The molecule has 0 aliphatic heterocycles. The SMILES string of the molecule is OCc1cnc(N(CC2CC2)CC2CC2)nc1. The van der Waals surface area contributed by atoms with Gasteiger partial charge in [-0.2, -0.15) is 0 Å². The summed E-state index contributed by atoms with van der Waals surface area (Å²) in [6.07, 6.45) is 8.89. The van der Waals surface area contributed by atoms with Gasteiger partial charge < -0.3 is 10.0 Å². The van der Waals surface area contributed by atoms with Crippen LogP contribution in [0.4, 0.5) is 5.95 Å².